The number of carbonyl (C=O) groups is 1. The number of ether oxygens (including phenoxy) is 3. The summed E-state index contributed by atoms with van der Waals surface area (Å²) in [4.78, 5) is 14.3. The van der Waals surface area contributed by atoms with Crippen LogP contribution in [0, 0.1) is 0 Å². The summed E-state index contributed by atoms with van der Waals surface area (Å²) in [6, 6.07) is 5.66. The maximum absolute atomic E-state index is 12.4. The molecule has 0 bridgehead atoms. The molecule has 1 N–H and O–H groups in total. The SMILES string of the molecule is [B]C1CC2(c3ccc(OC)c(OC)c3)CCN(C)C23OC3(O)C1=O. The number of ketones is 1. The van der Waals surface area contributed by atoms with E-state index in [1.165, 1.54) is 0 Å². The Bertz CT molecular complexity index is 727. The van der Waals surface area contributed by atoms with E-state index in [4.69, 9.17) is 22.1 Å². The lowest BCUT2D eigenvalue weighted by atomic mass is 9.57. The van der Waals surface area contributed by atoms with Gasteiger partial charge in [0.15, 0.2) is 23.0 Å². The molecule has 2 aliphatic heterocycles. The van der Waals surface area contributed by atoms with Crippen LogP contribution in [0.4, 0.5) is 0 Å². The first-order valence-electron chi connectivity index (χ1n) is 8.02. The fourth-order valence-electron chi connectivity index (χ4n) is 4.77. The number of carbonyl (C=O) groups excluding carboxylic acids is 1. The highest BCUT2D eigenvalue weighted by Gasteiger charge is 2.88. The maximum atomic E-state index is 12.4. The molecule has 0 amide bonds. The fourth-order valence-corrected chi connectivity index (χ4v) is 4.77. The molecule has 2 saturated heterocycles. The third-order valence-corrected chi connectivity index (χ3v) is 5.95. The lowest BCUT2D eigenvalue weighted by molar-refractivity contribution is -0.139. The second kappa shape index (κ2) is 4.74. The molecule has 0 aromatic heterocycles. The summed E-state index contributed by atoms with van der Waals surface area (Å²) in [6.07, 6.45) is 1.16. The minimum Gasteiger partial charge on any atom is -0.493 e. The van der Waals surface area contributed by atoms with Crippen molar-refractivity contribution in [1.29, 1.82) is 0 Å². The highest BCUT2D eigenvalue weighted by molar-refractivity contribution is 6.27. The molecule has 1 saturated carbocycles. The first kappa shape index (κ1) is 15.9. The van der Waals surface area contributed by atoms with Gasteiger partial charge in [0, 0.05) is 12.0 Å². The standard InChI is InChI=1S/C17H20BNO5/c1-19-7-6-15(10-4-5-12(22-2)13(8-10)23-3)9-11(18)14(20)16(21)17(15,19)24-16/h4-5,8,11,21H,6-7,9H2,1-3H3. The number of hydrogen-bond donors (Lipinski definition) is 1. The molecule has 2 heterocycles. The number of rotatable bonds is 3. The molecule has 126 valence electrons. The van der Waals surface area contributed by atoms with Crippen molar-refractivity contribution in [2.75, 3.05) is 27.8 Å². The summed E-state index contributed by atoms with van der Waals surface area (Å²) in [7, 11) is 11.1. The Morgan fingerprint density at radius 2 is 2.04 bits per heavy atom. The van der Waals surface area contributed by atoms with Gasteiger partial charge in [-0.05, 0) is 43.4 Å². The van der Waals surface area contributed by atoms with Crippen LogP contribution in [-0.2, 0) is 14.9 Å². The second-order valence-electron chi connectivity index (χ2n) is 6.89. The summed E-state index contributed by atoms with van der Waals surface area (Å²) < 4.78 is 16.5. The Morgan fingerprint density at radius 3 is 2.71 bits per heavy atom. The minimum atomic E-state index is -1.83. The van der Waals surface area contributed by atoms with E-state index in [-0.39, 0.29) is 0 Å². The Labute approximate surface area is 142 Å². The summed E-state index contributed by atoms with van der Waals surface area (Å²) in [5.41, 5.74) is -0.681. The van der Waals surface area contributed by atoms with Crippen molar-refractivity contribution >= 4 is 13.6 Å². The van der Waals surface area contributed by atoms with E-state index in [9.17, 15) is 9.90 Å². The van der Waals surface area contributed by atoms with Crippen LogP contribution in [0.5, 0.6) is 11.5 Å². The first-order valence-corrected chi connectivity index (χ1v) is 8.02. The van der Waals surface area contributed by atoms with Gasteiger partial charge < -0.3 is 19.3 Å². The normalized spacial score (nSPS) is 40.8. The van der Waals surface area contributed by atoms with Crippen molar-refractivity contribution in [2.45, 2.75) is 35.6 Å². The molecule has 3 aliphatic rings. The van der Waals surface area contributed by atoms with Gasteiger partial charge in [-0.25, -0.2) is 0 Å². The van der Waals surface area contributed by atoms with E-state index in [0.717, 1.165) is 12.0 Å². The van der Waals surface area contributed by atoms with Gasteiger partial charge in [-0.1, -0.05) is 6.07 Å². The zero-order valence-corrected chi connectivity index (χ0v) is 14.0. The van der Waals surface area contributed by atoms with Crippen molar-refractivity contribution in [1.82, 2.24) is 4.90 Å². The van der Waals surface area contributed by atoms with E-state index >= 15 is 0 Å². The number of benzene rings is 1. The molecule has 3 fully saturated rings. The summed E-state index contributed by atoms with van der Waals surface area (Å²) in [5.74, 6) is -1.80. The average Bonchev–Trinajstić information content (AvgIpc) is 3.16. The van der Waals surface area contributed by atoms with E-state index in [1.807, 2.05) is 30.1 Å². The van der Waals surface area contributed by atoms with Crippen LogP contribution in [0.15, 0.2) is 18.2 Å². The molecule has 2 radical (unpaired) electrons. The van der Waals surface area contributed by atoms with Gasteiger partial charge in [0.25, 0.3) is 5.79 Å². The highest BCUT2D eigenvalue weighted by atomic mass is 16.8. The van der Waals surface area contributed by atoms with Crippen molar-refractivity contribution in [3.63, 3.8) is 0 Å². The topological polar surface area (TPSA) is 71.5 Å². The van der Waals surface area contributed by atoms with Crippen LogP contribution in [0.3, 0.4) is 0 Å². The smallest absolute Gasteiger partial charge is 0.273 e. The quantitative estimate of drug-likeness (QED) is 0.648. The number of likely N-dealkylation sites (N-methyl/N-ethyl adjacent to an activating group) is 1. The zero-order valence-electron chi connectivity index (χ0n) is 14.0. The van der Waals surface area contributed by atoms with E-state index in [2.05, 4.69) is 0 Å². The molecule has 1 spiro atoms. The van der Waals surface area contributed by atoms with Crippen molar-refractivity contribution in [3.05, 3.63) is 23.8 Å². The molecule has 6 nitrogen and oxygen atoms in total. The van der Waals surface area contributed by atoms with Crippen LogP contribution in [0.2, 0.25) is 5.82 Å². The minimum absolute atomic E-state index is 0.425. The van der Waals surface area contributed by atoms with Crippen LogP contribution >= 0.6 is 0 Å². The number of hydrogen-bond acceptors (Lipinski definition) is 6. The molecule has 4 unspecified atom stereocenters. The van der Waals surface area contributed by atoms with Crippen LogP contribution in [0.1, 0.15) is 18.4 Å². The van der Waals surface area contributed by atoms with Crippen molar-refractivity contribution < 1.29 is 24.1 Å². The lowest BCUT2D eigenvalue weighted by Gasteiger charge is -2.42. The molecular weight excluding hydrogens is 309 g/mol. The Balaban J connectivity index is 1.88. The third-order valence-electron chi connectivity index (χ3n) is 5.95. The molecule has 7 heteroatoms. The molecule has 4 rings (SSSR count). The van der Waals surface area contributed by atoms with Gasteiger partial charge in [-0.2, -0.15) is 0 Å². The molecule has 24 heavy (non-hydrogen) atoms. The molecule has 1 aromatic carbocycles. The Hall–Kier alpha value is -1.57. The number of nitrogens with zero attached hydrogens (tertiary/aromatic N) is 1. The predicted molar refractivity (Wildman–Crippen MR) is 86.4 cm³/mol. The van der Waals surface area contributed by atoms with Gasteiger partial charge in [0.1, 0.15) is 0 Å². The Morgan fingerprint density at radius 1 is 1.33 bits per heavy atom. The van der Waals surface area contributed by atoms with Gasteiger partial charge >= 0.3 is 0 Å². The van der Waals surface area contributed by atoms with Crippen LogP contribution in [-0.4, -0.2) is 63.0 Å². The monoisotopic (exact) mass is 329 g/mol. The number of epoxide rings is 1. The van der Waals surface area contributed by atoms with E-state index in [1.54, 1.807) is 14.2 Å². The van der Waals surface area contributed by atoms with Gasteiger partial charge in [0.05, 0.1) is 22.1 Å². The largest absolute Gasteiger partial charge is 0.493 e. The fraction of sp³-hybridized carbons (Fsp3) is 0.588. The Kier molecular flexibility index (Phi) is 3.15. The molecule has 4 atom stereocenters. The van der Waals surface area contributed by atoms with Crippen molar-refractivity contribution in [3.8, 4) is 11.5 Å². The molecular formula is C17H20BNO5. The maximum Gasteiger partial charge on any atom is 0.273 e. The van der Waals surface area contributed by atoms with Gasteiger partial charge in [0.2, 0.25) is 0 Å². The van der Waals surface area contributed by atoms with E-state index < -0.39 is 28.5 Å². The van der Waals surface area contributed by atoms with Crippen LogP contribution < -0.4 is 9.47 Å². The first-order chi connectivity index (χ1) is 11.4. The molecule has 1 aliphatic carbocycles. The summed E-state index contributed by atoms with van der Waals surface area (Å²) in [5, 5.41) is 10.8. The number of aliphatic hydroxyl groups is 1. The third kappa shape index (κ3) is 1.56. The van der Waals surface area contributed by atoms with Crippen molar-refractivity contribution in [2.24, 2.45) is 0 Å². The highest BCUT2D eigenvalue weighted by Crippen LogP contribution is 2.70. The number of Topliss-reactive ketones (excluding diaryl/α,β-unsaturated/α-hetero) is 1. The summed E-state index contributed by atoms with van der Waals surface area (Å²) >= 11 is 0. The second-order valence-corrected chi connectivity index (χ2v) is 6.89. The predicted octanol–water partition coefficient (Wildman–Crippen LogP) is 0.622. The zero-order chi connectivity index (χ0) is 17.3. The number of likely N-dealkylation sites (tertiary alicyclic amines) is 1. The summed E-state index contributed by atoms with van der Waals surface area (Å²) in [6.45, 7) is 0.705. The lowest BCUT2D eigenvalue weighted by Crippen LogP contribution is -2.57. The molecule has 1 aromatic rings. The van der Waals surface area contributed by atoms with Gasteiger partial charge in [-0.3, -0.25) is 9.69 Å². The number of methoxy groups -OCH3 is 2. The van der Waals surface area contributed by atoms with E-state index in [0.29, 0.717) is 24.5 Å². The van der Waals surface area contributed by atoms with Gasteiger partial charge in [-0.15, -0.1) is 0 Å². The van der Waals surface area contributed by atoms with Crippen LogP contribution in [0.25, 0.3) is 0 Å². The average molecular weight is 329 g/mol.